The summed E-state index contributed by atoms with van der Waals surface area (Å²) in [5, 5.41) is 11.5. The van der Waals surface area contributed by atoms with Gasteiger partial charge in [-0.15, -0.1) is 10.2 Å². The first-order valence-corrected chi connectivity index (χ1v) is 9.29. The predicted octanol–water partition coefficient (Wildman–Crippen LogP) is 2.39. The molecule has 0 bridgehead atoms. The largest absolute Gasteiger partial charge is 0.497 e. The van der Waals surface area contributed by atoms with E-state index in [1.54, 1.807) is 26.4 Å². The number of aromatic nitrogens is 3. The zero-order valence-corrected chi connectivity index (χ0v) is 15.9. The van der Waals surface area contributed by atoms with Crippen LogP contribution in [0.2, 0.25) is 0 Å². The Hall–Kier alpha value is -2.83. The normalized spacial score (nSPS) is 13.9. The van der Waals surface area contributed by atoms with Crippen molar-refractivity contribution in [2.24, 2.45) is 0 Å². The third-order valence-electron chi connectivity index (χ3n) is 4.63. The van der Waals surface area contributed by atoms with Crippen molar-refractivity contribution in [3.05, 3.63) is 41.5 Å². The van der Waals surface area contributed by atoms with Crippen LogP contribution in [0.5, 0.6) is 11.5 Å². The Morgan fingerprint density at radius 3 is 2.67 bits per heavy atom. The fourth-order valence-electron chi connectivity index (χ4n) is 3.18. The standard InChI is InChI=1S/C20H26N4O3/c1-26-16-12-15(13-17(14-16)27-2)7-8-20(25)21-10-9-19-23-22-18-6-4-3-5-11-24(18)19/h7-8,12-14H,3-6,9-11H2,1-2H3,(H,21,25)/b8-7+. The average molecular weight is 370 g/mol. The van der Waals surface area contributed by atoms with Gasteiger partial charge in [-0.3, -0.25) is 4.79 Å². The van der Waals surface area contributed by atoms with Crippen LogP contribution in [0.25, 0.3) is 6.08 Å². The van der Waals surface area contributed by atoms with E-state index in [-0.39, 0.29) is 5.91 Å². The quantitative estimate of drug-likeness (QED) is 0.757. The number of amides is 1. The van der Waals surface area contributed by atoms with E-state index in [4.69, 9.17) is 9.47 Å². The number of aryl methyl sites for hydroxylation is 1. The van der Waals surface area contributed by atoms with Crippen molar-refractivity contribution in [3.8, 4) is 11.5 Å². The van der Waals surface area contributed by atoms with Crippen molar-refractivity contribution in [1.29, 1.82) is 0 Å². The summed E-state index contributed by atoms with van der Waals surface area (Å²) < 4.78 is 12.7. The summed E-state index contributed by atoms with van der Waals surface area (Å²) in [6.45, 7) is 1.51. The molecule has 0 spiro atoms. The van der Waals surface area contributed by atoms with E-state index in [2.05, 4.69) is 20.1 Å². The van der Waals surface area contributed by atoms with E-state index in [1.165, 1.54) is 18.9 Å². The van der Waals surface area contributed by atoms with Gasteiger partial charge in [0.25, 0.3) is 0 Å². The van der Waals surface area contributed by atoms with Gasteiger partial charge >= 0.3 is 0 Å². The van der Waals surface area contributed by atoms with Crippen molar-refractivity contribution in [2.75, 3.05) is 20.8 Å². The Bertz CT molecular complexity index is 791. The van der Waals surface area contributed by atoms with Crippen LogP contribution in [0.4, 0.5) is 0 Å². The Morgan fingerprint density at radius 1 is 1.15 bits per heavy atom. The molecule has 0 saturated heterocycles. The minimum Gasteiger partial charge on any atom is -0.497 e. The highest BCUT2D eigenvalue weighted by atomic mass is 16.5. The molecule has 0 atom stereocenters. The number of ether oxygens (including phenoxy) is 2. The second-order valence-electron chi connectivity index (χ2n) is 6.52. The van der Waals surface area contributed by atoms with Crippen molar-refractivity contribution >= 4 is 12.0 Å². The molecule has 0 fully saturated rings. The van der Waals surface area contributed by atoms with E-state index >= 15 is 0 Å². The number of methoxy groups -OCH3 is 2. The smallest absolute Gasteiger partial charge is 0.244 e. The van der Waals surface area contributed by atoms with E-state index in [9.17, 15) is 4.79 Å². The van der Waals surface area contributed by atoms with Gasteiger partial charge in [0, 0.05) is 38.1 Å². The van der Waals surface area contributed by atoms with E-state index in [0.717, 1.165) is 36.6 Å². The Balaban J connectivity index is 1.53. The molecule has 1 aromatic carbocycles. The molecule has 2 heterocycles. The highest BCUT2D eigenvalue weighted by Gasteiger charge is 2.14. The van der Waals surface area contributed by atoms with Gasteiger partial charge in [0.05, 0.1) is 14.2 Å². The molecule has 1 aliphatic rings. The van der Waals surface area contributed by atoms with Crippen LogP contribution < -0.4 is 14.8 Å². The van der Waals surface area contributed by atoms with Crippen LogP contribution >= 0.6 is 0 Å². The molecule has 1 aromatic heterocycles. The van der Waals surface area contributed by atoms with Crippen LogP contribution in [0.15, 0.2) is 24.3 Å². The molecule has 27 heavy (non-hydrogen) atoms. The van der Waals surface area contributed by atoms with Gasteiger partial charge in [-0.25, -0.2) is 0 Å². The lowest BCUT2D eigenvalue weighted by Gasteiger charge is -2.07. The summed E-state index contributed by atoms with van der Waals surface area (Å²) in [7, 11) is 3.19. The molecule has 0 aliphatic carbocycles. The fourth-order valence-corrected chi connectivity index (χ4v) is 3.18. The molecular weight excluding hydrogens is 344 g/mol. The zero-order valence-electron chi connectivity index (χ0n) is 15.9. The molecule has 3 rings (SSSR count). The third kappa shape index (κ3) is 5.09. The molecule has 2 aromatic rings. The monoisotopic (exact) mass is 370 g/mol. The summed E-state index contributed by atoms with van der Waals surface area (Å²) in [5.74, 6) is 3.24. The van der Waals surface area contributed by atoms with Crippen molar-refractivity contribution in [3.63, 3.8) is 0 Å². The summed E-state index contributed by atoms with van der Waals surface area (Å²) in [6, 6.07) is 5.48. The molecule has 1 amide bonds. The van der Waals surface area contributed by atoms with Gasteiger partial charge in [-0.2, -0.15) is 0 Å². The number of nitrogens with zero attached hydrogens (tertiary/aromatic N) is 3. The van der Waals surface area contributed by atoms with E-state index < -0.39 is 0 Å². The molecule has 144 valence electrons. The number of benzene rings is 1. The topological polar surface area (TPSA) is 78.3 Å². The summed E-state index contributed by atoms with van der Waals surface area (Å²) in [6.07, 6.45) is 8.50. The van der Waals surface area contributed by atoms with Crippen molar-refractivity contribution in [1.82, 2.24) is 20.1 Å². The van der Waals surface area contributed by atoms with Gasteiger partial charge in [-0.05, 0) is 36.6 Å². The van der Waals surface area contributed by atoms with Crippen LogP contribution in [0, 0.1) is 0 Å². The lowest BCUT2D eigenvalue weighted by atomic mass is 10.2. The maximum Gasteiger partial charge on any atom is 0.244 e. The van der Waals surface area contributed by atoms with E-state index in [0.29, 0.717) is 24.5 Å². The maximum atomic E-state index is 12.1. The van der Waals surface area contributed by atoms with Gasteiger partial charge < -0.3 is 19.4 Å². The number of fused-ring (bicyclic) bond motifs is 1. The highest BCUT2D eigenvalue weighted by Crippen LogP contribution is 2.23. The Morgan fingerprint density at radius 2 is 1.93 bits per heavy atom. The molecule has 0 unspecified atom stereocenters. The van der Waals surface area contributed by atoms with Crippen LogP contribution in [0.1, 0.15) is 36.5 Å². The predicted molar refractivity (Wildman–Crippen MR) is 103 cm³/mol. The van der Waals surface area contributed by atoms with Crippen LogP contribution in [0.3, 0.4) is 0 Å². The van der Waals surface area contributed by atoms with Gasteiger partial charge in [0.2, 0.25) is 5.91 Å². The lowest BCUT2D eigenvalue weighted by molar-refractivity contribution is -0.116. The SMILES string of the molecule is COc1cc(/C=C/C(=O)NCCc2nnc3n2CCCCC3)cc(OC)c1. The number of hydrogen-bond donors (Lipinski definition) is 1. The lowest BCUT2D eigenvalue weighted by Crippen LogP contribution is -2.24. The van der Waals surface area contributed by atoms with Crippen molar-refractivity contribution in [2.45, 2.75) is 38.6 Å². The Labute approximate surface area is 159 Å². The fraction of sp³-hybridized carbons (Fsp3) is 0.450. The molecule has 7 heteroatoms. The number of hydrogen-bond acceptors (Lipinski definition) is 5. The average Bonchev–Trinajstić information content (AvgIpc) is 2.92. The number of nitrogens with one attached hydrogen (secondary N) is 1. The number of rotatable bonds is 7. The zero-order chi connectivity index (χ0) is 19.1. The first-order chi connectivity index (χ1) is 13.2. The molecule has 0 radical (unpaired) electrons. The van der Waals surface area contributed by atoms with Crippen LogP contribution in [-0.2, 0) is 24.2 Å². The molecule has 1 N–H and O–H groups in total. The summed E-state index contributed by atoms with van der Waals surface area (Å²) in [5.41, 5.74) is 0.837. The molecule has 1 aliphatic heterocycles. The third-order valence-corrected chi connectivity index (χ3v) is 4.63. The van der Waals surface area contributed by atoms with E-state index in [1.807, 2.05) is 12.1 Å². The maximum absolute atomic E-state index is 12.1. The highest BCUT2D eigenvalue weighted by molar-refractivity contribution is 5.91. The second kappa shape index (κ2) is 9.21. The van der Waals surface area contributed by atoms with Gasteiger partial charge in [0.15, 0.2) is 0 Å². The van der Waals surface area contributed by atoms with Crippen molar-refractivity contribution < 1.29 is 14.3 Å². The molecule has 7 nitrogen and oxygen atoms in total. The number of carbonyl (C=O) groups excluding carboxylic acids is 1. The second-order valence-corrected chi connectivity index (χ2v) is 6.52. The molecular formula is C20H26N4O3. The summed E-state index contributed by atoms with van der Waals surface area (Å²) >= 11 is 0. The molecule has 0 saturated carbocycles. The van der Waals surface area contributed by atoms with Gasteiger partial charge in [-0.1, -0.05) is 6.42 Å². The minimum absolute atomic E-state index is 0.146. The minimum atomic E-state index is -0.146. The first-order valence-electron chi connectivity index (χ1n) is 9.29. The summed E-state index contributed by atoms with van der Waals surface area (Å²) in [4.78, 5) is 12.1. The van der Waals surface area contributed by atoms with Gasteiger partial charge in [0.1, 0.15) is 23.1 Å². The first kappa shape index (κ1) is 18.9. The number of carbonyl (C=O) groups is 1. The Kier molecular flexibility index (Phi) is 6.46. The van der Waals surface area contributed by atoms with Crippen LogP contribution in [-0.4, -0.2) is 41.4 Å².